The number of carboxylic acids is 1. The Morgan fingerprint density at radius 1 is 1.17 bits per heavy atom. The second kappa shape index (κ2) is 7.25. The number of carbonyl (C=O) groups is 2. The molecule has 0 saturated carbocycles. The zero-order valence-electron chi connectivity index (χ0n) is 12.9. The lowest BCUT2D eigenvalue weighted by Gasteiger charge is -2.18. The van der Waals surface area contributed by atoms with Gasteiger partial charge in [-0.15, -0.1) is 11.8 Å². The summed E-state index contributed by atoms with van der Waals surface area (Å²) in [5.41, 5.74) is 0.526. The first-order valence-corrected chi connectivity index (χ1v) is 7.58. The zero-order valence-corrected chi connectivity index (χ0v) is 13.7. The van der Waals surface area contributed by atoms with Gasteiger partial charge in [0.15, 0.2) is 0 Å². The summed E-state index contributed by atoms with van der Waals surface area (Å²) in [5, 5.41) is 10.5. The van der Waals surface area contributed by atoms with E-state index >= 15 is 0 Å². The van der Waals surface area contributed by atoms with E-state index < -0.39 is 24.1 Å². The van der Waals surface area contributed by atoms with E-state index in [9.17, 15) is 22.8 Å². The molecule has 1 rings (SSSR count). The van der Waals surface area contributed by atoms with Crippen LogP contribution in [0.15, 0.2) is 29.2 Å². The molecule has 0 aromatic heterocycles. The van der Waals surface area contributed by atoms with Crippen LogP contribution in [0.5, 0.6) is 0 Å². The minimum Gasteiger partial charge on any atom is -0.480 e. The summed E-state index contributed by atoms with van der Waals surface area (Å²) in [6.45, 7) is 6.12. The summed E-state index contributed by atoms with van der Waals surface area (Å²) in [7, 11) is 0. The van der Waals surface area contributed by atoms with Crippen molar-refractivity contribution in [3.8, 4) is 0 Å². The van der Waals surface area contributed by atoms with Crippen molar-refractivity contribution in [2.24, 2.45) is 0 Å². The first-order chi connectivity index (χ1) is 10.4. The molecule has 1 aromatic rings. The summed E-state index contributed by atoms with van der Waals surface area (Å²) < 4.78 is 36.6. The van der Waals surface area contributed by atoms with E-state index in [0.717, 1.165) is 4.90 Å². The first-order valence-electron chi connectivity index (χ1n) is 6.77. The van der Waals surface area contributed by atoms with Gasteiger partial charge in [0.1, 0.15) is 6.04 Å². The predicted octanol–water partition coefficient (Wildman–Crippen LogP) is 3.25. The SMILES string of the molecule is CC(C)(C)Sc1ccc(C[C@@H](NC(=O)C(F)(F)F)C(=O)O)cc1. The molecule has 0 aliphatic carbocycles. The molecule has 1 atom stereocenters. The Bertz CT molecular complexity index is 565. The van der Waals surface area contributed by atoms with Crippen LogP contribution in [0.25, 0.3) is 0 Å². The highest BCUT2D eigenvalue weighted by Crippen LogP contribution is 2.31. The van der Waals surface area contributed by atoms with Crippen molar-refractivity contribution in [1.82, 2.24) is 5.32 Å². The number of rotatable bonds is 5. The fourth-order valence-corrected chi connectivity index (χ4v) is 2.70. The Labute approximate surface area is 136 Å². The van der Waals surface area contributed by atoms with Crippen LogP contribution in [0.1, 0.15) is 26.3 Å². The van der Waals surface area contributed by atoms with Gasteiger partial charge in [-0.2, -0.15) is 13.2 Å². The number of thioether (sulfide) groups is 1. The average Bonchev–Trinajstić information content (AvgIpc) is 2.37. The number of carbonyl (C=O) groups excluding carboxylic acids is 1. The van der Waals surface area contributed by atoms with Gasteiger partial charge in [0.2, 0.25) is 0 Å². The molecule has 0 radical (unpaired) electrons. The molecule has 1 amide bonds. The van der Waals surface area contributed by atoms with Gasteiger partial charge >= 0.3 is 18.1 Å². The molecule has 0 aliphatic heterocycles. The number of hydrogen-bond donors (Lipinski definition) is 2. The zero-order chi connectivity index (χ0) is 17.8. The maximum atomic E-state index is 12.2. The van der Waals surface area contributed by atoms with Gasteiger partial charge in [0.05, 0.1) is 0 Å². The molecule has 0 unspecified atom stereocenters. The van der Waals surface area contributed by atoms with E-state index in [1.165, 1.54) is 5.32 Å². The summed E-state index contributed by atoms with van der Waals surface area (Å²) in [6, 6.07) is 5.20. The quantitative estimate of drug-likeness (QED) is 0.801. The fourth-order valence-electron chi connectivity index (χ4n) is 1.72. The maximum Gasteiger partial charge on any atom is 0.471 e. The van der Waals surface area contributed by atoms with Gasteiger partial charge in [-0.25, -0.2) is 4.79 Å². The van der Waals surface area contributed by atoms with E-state index in [1.54, 1.807) is 36.0 Å². The van der Waals surface area contributed by atoms with Gasteiger partial charge in [0.25, 0.3) is 0 Å². The monoisotopic (exact) mass is 349 g/mol. The number of alkyl halides is 3. The van der Waals surface area contributed by atoms with Crippen molar-refractivity contribution < 1.29 is 27.9 Å². The van der Waals surface area contributed by atoms with E-state index in [2.05, 4.69) is 0 Å². The molecule has 0 spiro atoms. The van der Waals surface area contributed by atoms with Crippen LogP contribution >= 0.6 is 11.8 Å². The highest BCUT2D eigenvalue weighted by molar-refractivity contribution is 8.00. The number of nitrogens with one attached hydrogen (secondary N) is 1. The first kappa shape index (κ1) is 19.3. The van der Waals surface area contributed by atoms with Crippen LogP contribution in [0, 0.1) is 0 Å². The lowest BCUT2D eigenvalue weighted by Crippen LogP contribution is -2.47. The molecule has 0 aliphatic rings. The van der Waals surface area contributed by atoms with E-state index in [-0.39, 0.29) is 11.2 Å². The Hall–Kier alpha value is -1.70. The molecule has 4 nitrogen and oxygen atoms in total. The van der Waals surface area contributed by atoms with Gasteiger partial charge in [0, 0.05) is 16.1 Å². The fraction of sp³-hybridized carbons (Fsp3) is 0.467. The van der Waals surface area contributed by atoms with Crippen molar-refractivity contribution in [3.05, 3.63) is 29.8 Å². The number of carboxylic acid groups (broad SMARTS) is 1. The van der Waals surface area contributed by atoms with Gasteiger partial charge in [-0.1, -0.05) is 32.9 Å². The number of amides is 1. The normalized spacial score (nSPS) is 13.5. The largest absolute Gasteiger partial charge is 0.480 e. The second-order valence-electron chi connectivity index (χ2n) is 5.92. The standard InChI is InChI=1S/C15H18F3NO3S/c1-14(2,3)23-10-6-4-9(5-7-10)8-11(12(20)21)19-13(22)15(16,17)18/h4-7,11H,8H2,1-3H3,(H,19,22)(H,20,21)/t11-/m1/s1. The van der Waals surface area contributed by atoms with Gasteiger partial charge in [-0.3, -0.25) is 4.79 Å². The topological polar surface area (TPSA) is 66.4 Å². The maximum absolute atomic E-state index is 12.2. The second-order valence-corrected chi connectivity index (χ2v) is 7.82. The smallest absolute Gasteiger partial charge is 0.471 e. The lowest BCUT2D eigenvalue weighted by molar-refractivity contribution is -0.175. The van der Waals surface area contributed by atoms with E-state index in [4.69, 9.17) is 5.11 Å². The average molecular weight is 349 g/mol. The molecular weight excluding hydrogens is 331 g/mol. The van der Waals surface area contributed by atoms with Crippen LogP contribution in [-0.4, -0.2) is 33.9 Å². The predicted molar refractivity (Wildman–Crippen MR) is 81.4 cm³/mol. The molecule has 2 N–H and O–H groups in total. The van der Waals surface area contributed by atoms with Crippen LogP contribution in [-0.2, 0) is 16.0 Å². The molecule has 0 saturated heterocycles. The number of aliphatic carboxylic acids is 1. The molecular formula is C15H18F3NO3S. The highest BCUT2D eigenvalue weighted by atomic mass is 32.2. The van der Waals surface area contributed by atoms with Crippen LogP contribution in [0.4, 0.5) is 13.2 Å². The summed E-state index contributed by atoms with van der Waals surface area (Å²) >= 11 is 1.61. The minimum absolute atomic E-state index is 0.00575. The van der Waals surface area contributed by atoms with Crippen molar-refractivity contribution in [3.63, 3.8) is 0 Å². The number of benzene rings is 1. The van der Waals surface area contributed by atoms with E-state index in [1.807, 2.05) is 20.8 Å². The third kappa shape index (κ3) is 6.94. The van der Waals surface area contributed by atoms with Crippen molar-refractivity contribution >= 4 is 23.6 Å². The molecule has 0 fully saturated rings. The Kier molecular flexibility index (Phi) is 6.10. The Morgan fingerprint density at radius 2 is 1.70 bits per heavy atom. The molecule has 0 bridgehead atoms. The third-order valence-corrected chi connectivity index (χ3v) is 3.77. The third-order valence-electron chi connectivity index (χ3n) is 2.65. The summed E-state index contributed by atoms with van der Waals surface area (Å²) in [4.78, 5) is 22.9. The lowest BCUT2D eigenvalue weighted by atomic mass is 10.1. The molecule has 23 heavy (non-hydrogen) atoms. The molecule has 1 aromatic carbocycles. The Balaban J connectivity index is 2.78. The minimum atomic E-state index is -5.11. The van der Waals surface area contributed by atoms with E-state index in [0.29, 0.717) is 5.56 Å². The van der Waals surface area contributed by atoms with Crippen molar-refractivity contribution in [2.75, 3.05) is 0 Å². The van der Waals surface area contributed by atoms with Crippen molar-refractivity contribution in [2.45, 2.75) is 49.1 Å². The Morgan fingerprint density at radius 3 is 2.09 bits per heavy atom. The summed E-state index contributed by atoms with van der Waals surface area (Å²) in [5.74, 6) is -3.78. The number of halogens is 3. The van der Waals surface area contributed by atoms with Gasteiger partial charge < -0.3 is 10.4 Å². The van der Waals surface area contributed by atoms with Crippen LogP contribution < -0.4 is 5.32 Å². The highest BCUT2D eigenvalue weighted by Gasteiger charge is 2.40. The van der Waals surface area contributed by atoms with Crippen molar-refractivity contribution in [1.29, 1.82) is 0 Å². The molecule has 8 heteroatoms. The van der Waals surface area contributed by atoms with Gasteiger partial charge in [-0.05, 0) is 17.7 Å². The molecule has 128 valence electrons. The summed E-state index contributed by atoms with van der Waals surface area (Å²) in [6.07, 6.45) is -5.33. The van der Waals surface area contributed by atoms with Crippen LogP contribution in [0.3, 0.4) is 0 Å². The molecule has 0 heterocycles. The number of hydrogen-bond acceptors (Lipinski definition) is 3. The van der Waals surface area contributed by atoms with Crippen LogP contribution in [0.2, 0.25) is 0 Å².